The first-order valence-corrected chi connectivity index (χ1v) is 24.2. The fraction of sp³-hybridized carbons (Fsp3) is 0.231. The van der Waals surface area contributed by atoms with Crippen molar-refractivity contribution in [2.24, 2.45) is 0 Å². The van der Waals surface area contributed by atoms with Crippen LogP contribution in [0.25, 0.3) is 17.2 Å². The van der Waals surface area contributed by atoms with Gasteiger partial charge in [-0.1, -0.05) is 152 Å². The molecule has 0 N–H and O–H groups in total. The van der Waals surface area contributed by atoms with Crippen molar-refractivity contribution in [1.29, 1.82) is 0 Å². The average Bonchev–Trinajstić information content (AvgIpc) is 3.64. The summed E-state index contributed by atoms with van der Waals surface area (Å²) in [6, 6.07) is 60.8. The molecule has 0 heterocycles. The van der Waals surface area contributed by atoms with E-state index >= 15 is 0 Å². The molecule has 4 heteroatoms. The van der Waals surface area contributed by atoms with E-state index in [1.54, 1.807) is 0 Å². The lowest BCUT2D eigenvalue weighted by Crippen LogP contribution is -2.32. The fourth-order valence-electron chi connectivity index (χ4n) is 10.4. The van der Waals surface area contributed by atoms with Gasteiger partial charge in [-0.25, -0.2) is 0 Å². The first-order valence-electron chi connectivity index (χ1n) is 24.2. The van der Waals surface area contributed by atoms with E-state index in [4.69, 9.17) is 18.9 Å². The Kier molecular flexibility index (Phi) is 12.9. The van der Waals surface area contributed by atoms with Gasteiger partial charge in [0.25, 0.3) is 0 Å². The number of benzene rings is 8. The number of aryl methyl sites for hydroxylation is 5. The van der Waals surface area contributed by atoms with Crippen LogP contribution in [-0.4, -0.2) is 5.60 Å². The molecule has 1 aliphatic carbocycles. The number of ether oxygens (including phenoxy) is 4. The zero-order valence-electron chi connectivity index (χ0n) is 41.7. The van der Waals surface area contributed by atoms with Gasteiger partial charge in [0.1, 0.15) is 47.4 Å². The molecule has 0 radical (unpaired) electrons. The summed E-state index contributed by atoms with van der Waals surface area (Å²) in [6.07, 6.45) is 2.61. The molecule has 0 bridgehead atoms. The van der Waals surface area contributed by atoms with Gasteiger partial charge < -0.3 is 18.9 Å². The quantitative estimate of drug-likeness (QED) is 0.0968. The minimum absolute atomic E-state index is 0.439. The standard InChI is InChI=1S/C65H64O4/c1-11-48-20-24-50(25-21-48)41-66-55-32-28-52(29-33-55)65(59-18-14-12-16-57(59)58-17-13-15-19-60(58)65)53-30-34-56(35-31-53)67-42-51-26-22-49(23-27-51)40-63(7,8)68-61-46(5)38-54(39-47(61)6)64(9,10)69-62-44(3)36-43(2)37-45(62)4/h11-39H,1,40-42H2,2-10H3. The summed E-state index contributed by atoms with van der Waals surface area (Å²) in [6.45, 7) is 24.1. The molecular formula is C65H64O4. The average molecular weight is 909 g/mol. The largest absolute Gasteiger partial charge is 0.489 e. The van der Waals surface area contributed by atoms with Gasteiger partial charge in [-0.05, 0) is 182 Å². The normalized spacial score (nSPS) is 12.8. The van der Waals surface area contributed by atoms with E-state index < -0.39 is 16.6 Å². The summed E-state index contributed by atoms with van der Waals surface area (Å²) in [5.74, 6) is 3.53. The van der Waals surface area contributed by atoms with E-state index in [1.165, 1.54) is 44.5 Å². The molecule has 0 atom stereocenters. The molecule has 348 valence electrons. The second-order valence-electron chi connectivity index (χ2n) is 20.0. The Balaban J connectivity index is 0.875. The van der Waals surface area contributed by atoms with Gasteiger partial charge in [0.2, 0.25) is 0 Å². The molecule has 0 aromatic heterocycles. The van der Waals surface area contributed by atoms with Crippen LogP contribution in [0.1, 0.15) is 106 Å². The predicted octanol–water partition coefficient (Wildman–Crippen LogP) is 16.1. The van der Waals surface area contributed by atoms with Gasteiger partial charge in [0, 0.05) is 6.42 Å². The first kappa shape index (κ1) is 46.8. The number of hydrogen-bond donors (Lipinski definition) is 0. The predicted molar refractivity (Wildman–Crippen MR) is 284 cm³/mol. The van der Waals surface area contributed by atoms with Gasteiger partial charge in [-0.15, -0.1) is 0 Å². The van der Waals surface area contributed by atoms with Crippen LogP contribution in [0.4, 0.5) is 0 Å². The van der Waals surface area contributed by atoms with Gasteiger partial charge in [0.05, 0.1) is 5.41 Å². The van der Waals surface area contributed by atoms with Gasteiger partial charge in [-0.3, -0.25) is 0 Å². The molecule has 69 heavy (non-hydrogen) atoms. The second kappa shape index (κ2) is 19.0. The van der Waals surface area contributed by atoms with Crippen LogP contribution in [0, 0.1) is 34.6 Å². The van der Waals surface area contributed by atoms with Gasteiger partial charge >= 0.3 is 0 Å². The summed E-state index contributed by atoms with van der Waals surface area (Å²) in [7, 11) is 0. The summed E-state index contributed by atoms with van der Waals surface area (Å²) >= 11 is 0. The summed E-state index contributed by atoms with van der Waals surface area (Å²) in [4.78, 5) is 0. The molecular weight excluding hydrogens is 845 g/mol. The molecule has 9 rings (SSSR count). The van der Waals surface area contributed by atoms with Crippen molar-refractivity contribution in [2.45, 2.75) is 98.6 Å². The number of hydrogen-bond acceptors (Lipinski definition) is 4. The maximum Gasteiger partial charge on any atom is 0.128 e. The molecule has 0 aliphatic heterocycles. The third-order valence-electron chi connectivity index (χ3n) is 13.7. The molecule has 0 unspecified atom stereocenters. The minimum atomic E-state index is -0.523. The highest BCUT2D eigenvalue weighted by molar-refractivity contribution is 5.86. The van der Waals surface area contributed by atoms with E-state index in [1.807, 2.05) is 6.08 Å². The SMILES string of the molecule is C=Cc1ccc(COc2ccc(C3(c4ccc(OCc5ccc(CC(C)(C)Oc6c(C)cc(C(C)(C)Oc7c(C)cc(C)cc7C)cc6C)cc5)cc4)c4ccccc4-c4ccccc43)cc2)cc1. The van der Waals surface area contributed by atoms with Crippen LogP contribution in [0.15, 0.2) is 176 Å². The van der Waals surface area contributed by atoms with Crippen LogP contribution in [-0.2, 0) is 30.7 Å². The fourth-order valence-corrected chi connectivity index (χ4v) is 10.4. The van der Waals surface area contributed by atoms with Crippen LogP contribution in [0.5, 0.6) is 23.0 Å². The van der Waals surface area contributed by atoms with E-state index in [0.717, 1.165) is 73.9 Å². The molecule has 4 nitrogen and oxygen atoms in total. The van der Waals surface area contributed by atoms with Crippen LogP contribution in [0.3, 0.4) is 0 Å². The third kappa shape index (κ3) is 9.59. The molecule has 0 amide bonds. The Labute approximate surface area is 410 Å². The zero-order chi connectivity index (χ0) is 48.5. The molecule has 0 saturated heterocycles. The van der Waals surface area contributed by atoms with Crippen molar-refractivity contribution in [1.82, 2.24) is 0 Å². The summed E-state index contributed by atoms with van der Waals surface area (Å²) < 4.78 is 26.3. The van der Waals surface area contributed by atoms with E-state index in [-0.39, 0.29) is 0 Å². The van der Waals surface area contributed by atoms with Gasteiger partial charge in [0.15, 0.2) is 0 Å². The van der Waals surface area contributed by atoms with Crippen LogP contribution < -0.4 is 18.9 Å². The van der Waals surface area contributed by atoms with Crippen LogP contribution in [0.2, 0.25) is 0 Å². The molecule has 0 fully saturated rings. The smallest absolute Gasteiger partial charge is 0.128 e. The van der Waals surface area contributed by atoms with E-state index in [0.29, 0.717) is 13.2 Å². The van der Waals surface area contributed by atoms with Crippen LogP contribution >= 0.6 is 0 Å². The van der Waals surface area contributed by atoms with Crippen molar-refractivity contribution in [3.05, 3.63) is 254 Å². The highest BCUT2D eigenvalue weighted by atomic mass is 16.5. The van der Waals surface area contributed by atoms with Crippen molar-refractivity contribution < 1.29 is 18.9 Å². The van der Waals surface area contributed by atoms with Crippen molar-refractivity contribution in [2.75, 3.05) is 0 Å². The Morgan fingerprint density at radius 2 is 0.899 bits per heavy atom. The third-order valence-corrected chi connectivity index (χ3v) is 13.7. The Morgan fingerprint density at radius 1 is 0.478 bits per heavy atom. The van der Waals surface area contributed by atoms with Crippen molar-refractivity contribution in [3.8, 4) is 34.1 Å². The van der Waals surface area contributed by atoms with Crippen molar-refractivity contribution >= 4 is 6.08 Å². The highest BCUT2D eigenvalue weighted by Crippen LogP contribution is 2.56. The maximum absolute atomic E-state index is 6.82. The lowest BCUT2D eigenvalue weighted by Gasteiger charge is -2.34. The molecule has 8 aromatic carbocycles. The van der Waals surface area contributed by atoms with Gasteiger partial charge in [-0.2, -0.15) is 0 Å². The summed E-state index contributed by atoms with van der Waals surface area (Å²) in [5, 5.41) is 0. The first-order chi connectivity index (χ1) is 33.1. The lowest BCUT2D eigenvalue weighted by molar-refractivity contribution is 0.103. The zero-order valence-corrected chi connectivity index (χ0v) is 41.7. The molecule has 0 spiro atoms. The highest BCUT2D eigenvalue weighted by Gasteiger charge is 2.46. The monoisotopic (exact) mass is 908 g/mol. The Hall–Kier alpha value is -7.30. The minimum Gasteiger partial charge on any atom is -0.489 e. The Bertz CT molecular complexity index is 3030. The molecule has 1 aliphatic rings. The molecule has 8 aromatic rings. The lowest BCUT2D eigenvalue weighted by atomic mass is 9.68. The summed E-state index contributed by atoms with van der Waals surface area (Å²) in [5.41, 5.74) is 17.3. The molecule has 0 saturated carbocycles. The Morgan fingerprint density at radius 3 is 1.38 bits per heavy atom. The van der Waals surface area contributed by atoms with E-state index in [2.05, 4.69) is 239 Å². The topological polar surface area (TPSA) is 36.9 Å². The maximum atomic E-state index is 6.82. The second-order valence-corrected chi connectivity index (χ2v) is 20.0. The van der Waals surface area contributed by atoms with E-state index in [9.17, 15) is 0 Å². The number of rotatable bonds is 16. The number of fused-ring (bicyclic) bond motifs is 3. The van der Waals surface area contributed by atoms with Crippen molar-refractivity contribution in [3.63, 3.8) is 0 Å².